The van der Waals surface area contributed by atoms with Crippen LogP contribution in [0.1, 0.15) is 21.5 Å². The number of rotatable bonds is 4. The number of aryl methyl sites for hydroxylation is 1. The van der Waals surface area contributed by atoms with Gasteiger partial charge in [-0.2, -0.15) is 5.10 Å². The van der Waals surface area contributed by atoms with Gasteiger partial charge in [-0.1, -0.05) is 24.3 Å². The van der Waals surface area contributed by atoms with Crippen LogP contribution in [0.25, 0.3) is 5.69 Å². The minimum atomic E-state index is -0.280. The summed E-state index contributed by atoms with van der Waals surface area (Å²) in [5, 5.41) is 14.9. The van der Waals surface area contributed by atoms with Crippen molar-refractivity contribution in [2.75, 3.05) is 0 Å². The Balaban J connectivity index is 1.66. The second-order valence-corrected chi connectivity index (χ2v) is 4.86. The molecule has 0 unspecified atom stereocenters. The molecule has 1 heterocycles. The Hall–Kier alpha value is -3.35. The molecular formula is C16H14N6O. The molecule has 0 fully saturated rings. The lowest BCUT2D eigenvalue weighted by molar-refractivity contribution is 0.0955. The zero-order valence-electron chi connectivity index (χ0n) is 12.4. The first-order valence-corrected chi connectivity index (χ1v) is 6.96. The van der Waals surface area contributed by atoms with Gasteiger partial charge < -0.3 is 0 Å². The predicted molar refractivity (Wildman–Crippen MR) is 85.4 cm³/mol. The standard InChI is InChI=1S/C16H14N6O/c1-12-4-2-3-5-14(12)10-17-19-16(23)13-6-8-15(9-7-13)22-11-18-20-21-22/h2-11H,1H3,(H,19,23). The van der Waals surface area contributed by atoms with Crippen molar-refractivity contribution in [1.29, 1.82) is 0 Å². The highest BCUT2D eigenvalue weighted by atomic mass is 16.2. The lowest BCUT2D eigenvalue weighted by atomic mass is 10.1. The van der Waals surface area contributed by atoms with E-state index in [4.69, 9.17) is 0 Å². The van der Waals surface area contributed by atoms with E-state index in [2.05, 4.69) is 26.1 Å². The molecule has 23 heavy (non-hydrogen) atoms. The van der Waals surface area contributed by atoms with E-state index in [1.807, 2.05) is 31.2 Å². The van der Waals surface area contributed by atoms with Gasteiger partial charge in [-0.25, -0.2) is 10.1 Å². The van der Waals surface area contributed by atoms with Gasteiger partial charge in [-0.15, -0.1) is 5.10 Å². The second kappa shape index (κ2) is 6.61. The summed E-state index contributed by atoms with van der Waals surface area (Å²) in [6.07, 6.45) is 3.12. The molecule has 1 amide bonds. The number of nitrogens with one attached hydrogen (secondary N) is 1. The van der Waals surface area contributed by atoms with Gasteiger partial charge in [-0.3, -0.25) is 4.79 Å². The van der Waals surface area contributed by atoms with E-state index >= 15 is 0 Å². The predicted octanol–water partition coefficient (Wildman–Crippen LogP) is 1.73. The molecule has 0 aliphatic heterocycles. The molecule has 3 aromatic rings. The molecule has 7 heteroatoms. The molecule has 0 spiro atoms. The fourth-order valence-corrected chi connectivity index (χ4v) is 2.00. The maximum absolute atomic E-state index is 12.0. The molecule has 0 bridgehead atoms. The highest BCUT2D eigenvalue weighted by Crippen LogP contribution is 2.08. The smallest absolute Gasteiger partial charge is 0.267 e. The van der Waals surface area contributed by atoms with Gasteiger partial charge in [0, 0.05) is 5.56 Å². The van der Waals surface area contributed by atoms with Crippen molar-refractivity contribution in [1.82, 2.24) is 25.6 Å². The third-order valence-electron chi connectivity index (χ3n) is 3.30. The normalized spacial score (nSPS) is 10.8. The third-order valence-corrected chi connectivity index (χ3v) is 3.30. The van der Waals surface area contributed by atoms with Crippen molar-refractivity contribution in [2.24, 2.45) is 5.10 Å². The Morgan fingerprint density at radius 3 is 2.65 bits per heavy atom. The van der Waals surface area contributed by atoms with Gasteiger partial charge in [0.1, 0.15) is 6.33 Å². The van der Waals surface area contributed by atoms with Gasteiger partial charge >= 0.3 is 0 Å². The molecule has 0 saturated carbocycles. The molecule has 114 valence electrons. The van der Waals surface area contributed by atoms with Crippen molar-refractivity contribution in [3.8, 4) is 5.69 Å². The van der Waals surface area contributed by atoms with E-state index in [9.17, 15) is 4.79 Å². The van der Waals surface area contributed by atoms with Crippen molar-refractivity contribution in [3.05, 3.63) is 71.5 Å². The summed E-state index contributed by atoms with van der Waals surface area (Å²) in [4.78, 5) is 12.0. The summed E-state index contributed by atoms with van der Waals surface area (Å²) < 4.78 is 1.51. The molecule has 0 atom stereocenters. The van der Waals surface area contributed by atoms with Crippen molar-refractivity contribution >= 4 is 12.1 Å². The average Bonchev–Trinajstić information content (AvgIpc) is 3.11. The van der Waals surface area contributed by atoms with E-state index in [-0.39, 0.29) is 5.91 Å². The Kier molecular flexibility index (Phi) is 4.19. The van der Waals surface area contributed by atoms with Gasteiger partial charge in [-0.05, 0) is 52.7 Å². The Labute approximate surface area is 132 Å². The third kappa shape index (κ3) is 3.46. The molecular weight excluding hydrogens is 292 g/mol. The zero-order chi connectivity index (χ0) is 16.1. The quantitative estimate of drug-likeness (QED) is 0.587. The van der Waals surface area contributed by atoms with E-state index < -0.39 is 0 Å². The first-order valence-electron chi connectivity index (χ1n) is 6.96. The van der Waals surface area contributed by atoms with Crippen LogP contribution in [0, 0.1) is 6.92 Å². The number of amides is 1. The number of hydrogen-bond donors (Lipinski definition) is 1. The van der Waals surface area contributed by atoms with Crippen molar-refractivity contribution < 1.29 is 4.79 Å². The van der Waals surface area contributed by atoms with Crippen LogP contribution in [0.4, 0.5) is 0 Å². The van der Waals surface area contributed by atoms with Crippen LogP contribution in [-0.4, -0.2) is 32.3 Å². The first kappa shape index (κ1) is 14.6. The number of tetrazole rings is 1. The monoisotopic (exact) mass is 306 g/mol. The SMILES string of the molecule is Cc1ccccc1C=NNC(=O)c1ccc(-n2cnnn2)cc1. The van der Waals surface area contributed by atoms with Crippen LogP contribution < -0.4 is 5.43 Å². The summed E-state index contributed by atoms with van der Waals surface area (Å²) in [6.45, 7) is 1.99. The average molecular weight is 306 g/mol. The molecule has 0 radical (unpaired) electrons. The first-order chi connectivity index (χ1) is 11.2. The van der Waals surface area contributed by atoms with Crippen LogP contribution in [0.5, 0.6) is 0 Å². The molecule has 1 N–H and O–H groups in total. The minimum absolute atomic E-state index is 0.280. The summed E-state index contributed by atoms with van der Waals surface area (Å²) in [5.41, 5.74) is 5.84. The lowest BCUT2D eigenvalue weighted by Crippen LogP contribution is -2.17. The molecule has 7 nitrogen and oxygen atoms in total. The fourth-order valence-electron chi connectivity index (χ4n) is 2.00. The molecule has 1 aromatic heterocycles. The summed E-state index contributed by atoms with van der Waals surface area (Å²) in [7, 11) is 0. The summed E-state index contributed by atoms with van der Waals surface area (Å²) >= 11 is 0. The maximum Gasteiger partial charge on any atom is 0.271 e. The maximum atomic E-state index is 12.0. The van der Waals surface area contributed by atoms with Crippen molar-refractivity contribution in [3.63, 3.8) is 0 Å². The van der Waals surface area contributed by atoms with Crippen LogP contribution in [0.2, 0.25) is 0 Å². The molecule has 0 saturated heterocycles. The number of benzene rings is 2. The fraction of sp³-hybridized carbons (Fsp3) is 0.0625. The number of hydrogen-bond acceptors (Lipinski definition) is 5. The number of carbonyl (C=O) groups excluding carboxylic acids is 1. The van der Waals surface area contributed by atoms with E-state index in [0.717, 1.165) is 16.8 Å². The second-order valence-electron chi connectivity index (χ2n) is 4.86. The molecule has 0 aliphatic rings. The number of hydrazone groups is 1. The molecule has 2 aromatic carbocycles. The van der Waals surface area contributed by atoms with Crippen molar-refractivity contribution in [2.45, 2.75) is 6.92 Å². The van der Waals surface area contributed by atoms with Gasteiger partial charge in [0.15, 0.2) is 0 Å². The highest BCUT2D eigenvalue weighted by molar-refractivity contribution is 5.95. The number of carbonyl (C=O) groups is 1. The van der Waals surface area contributed by atoms with Gasteiger partial charge in [0.05, 0.1) is 11.9 Å². The molecule has 0 aliphatic carbocycles. The largest absolute Gasteiger partial charge is 0.271 e. The number of aromatic nitrogens is 4. The summed E-state index contributed by atoms with van der Waals surface area (Å²) in [5.74, 6) is -0.280. The Morgan fingerprint density at radius 2 is 1.96 bits per heavy atom. The van der Waals surface area contributed by atoms with Gasteiger partial charge in [0.25, 0.3) is 5.91 Å². The van der Waals surface area contributed by atoms with Crippen LogP contribution in [0.3, 0.4) is 0 Å². The Morgan fingerprint density at radius 1 is 1.17 bits per heavy atom. The highest BCUT2D eigenvalue weighted by Gasteiger charge is 2.05. The van der Waals surface area contributed by atoms with E-state index in [0.29, 0.717) is 5.56 Å². The lowest BCUT2D eigenvalue weighted by Gasteiger charge is -2.03. The zero-order valence-corrected chi connectivity index (χ0v) is 12.4. The van der Waals surface area contributed by atoms with Crippen LogP contribution >= 0.6 is 0 Å². The van der Waals surface area contributed by atoms with E-state index in [1.54, 1.807) is 30.5 Å². The minimum Gasteiger partial charge on any atom is -0.267 e. The van der Waals surface area contributed by atoms with Crippen LogP contribution in [0.15, 0.2) is 60.0 Å². The number of nitrogens with zero attached hydrogens (tertiary/aromatic N) is 5. The topological polar surface area (TPSA) is 85.1 Å². The van der Waals surface area contributed by atoms with E-state index in [1.165, 1.54) is 11.0 Å². The summed E-state index contributed by atoms with van der Waals surface area (Å²) in [6, 6.07) is 14.7. The Bertz CT molecular complexity index is 824. The van der Waals surface area contributed by atoms with Gasteiger partial charge in [0.2, 0.25) is 0 Å². The van der Waals surface area contributed by atoms with Crippen LogP contribution in [-0.2, 0) is 0 Å². The molecule has 3 rings (SSSR count).